The van der Waals surface area contributed by atoms with Crippen molar-refractivity contribution in [3.63, 3.8) is 0 Å². The summed E-state index contributed by atoms with van der Waals surface area (Å²) in [6, 6.07) is 18.5. The number of carbonyl (C=O) groups excluding carboxylic acids is 2. The molecule has 1 fully saturated rings. The highest BCUT2D eigenvalue weighted by Gasteiger charge is 2.34. The Bertz CT molecular complexity index is 1180. The summed E-state index contributed by atoms with van der Waals surface area (Å²) < 4.78 is 44.2. The lowest BCUT2D eigenvalue weighted by Crippen LogP contribution is -2.27. The Morgan fingerprint density at radius 3 is 2.44 bits per heavy atom. The Morgan fingerprint density at radius 2 is 1.79 bits per heavy atom. The molecule has 176 valence electrons. The zero-order valence-electron chi connectivity index (χ0n) is 18.1. The van der Waals surface area contributed by atoms with Crippen molar-refractivity contribution in [1.82, 2.24) is 0 Å². The summed E-state index contributed by atoms with van der Waals surface area (Å²) in [5, 5.41) is 2.38. The fraction of sp³-hybridized carbons (Fsp3) is 0.200. The van der Waals surface area contributed by atoms with Gasteiger partial charge in [-0.05, 0) is 67.1 Å². The lowest BCUT2D eigenvalue weighted by molar-refractivity contribution is -0.137. The average Bonchev–Trinajstić information content (AvgIpc) is 3.21. The maximum atomic E-state index is 12.9. The number of alkyl halides is 3. The highest BCUT2D eigenvalue weighted by atomic mass is 32.2. The molecule has 1 unspecified atom stereocenters. The van der Waals surface area contributed by atoms with Gasteiger partial charge in [0, 0.05) is 16.9 Å². The summed E-state index contributed by atoms with van der Waals surface area (Å²) in [7, 11) is 0. The number of nitrogens with zero attached hydrogens (tertiary/aromatic N) is 1. The van der Waals surface area contributed by atoms with E-state index < -0.39 is 17.6 Å². The minimum atomic E-state index is -4.52. The average molecular weight is 487 g/mol. The van der Waals surface area contributed by atoms with Gasteiger partial charge in [0.05, 0.1) is 17.9 Å². The number of amides is 2. The summed E-state index contributed by atoms with van der Waals surface area (Å²) in [4.78, 5) is 26.7. The van der Waals surface area contributed by atoms with Crippen molar-refractivity contribution in [3.05, 3.63) is 89.5 Å². The van der Waals surface area contributed by atoms with E-state index >= 15 is 0 Å². The first-order valence-electron chi connectivity index (χ1n) is 10.5. The van der Waals surface area contributed by atoms with Crippen molar-refractivity contribution in [1.29, 1.82) is 0 Å². The molecule has 0 saturated carbocycles. The lowest BCUT2D eigenvalue weighted by Gasteiger charge is -2.24. The van der Waals surface area contributed by atoms with E-state index in [1.807, 2.05) is 31.2 Å². The smallest absolute Gasteiger partial charge is 0.416 e. The molecule has 1 aliphatic rings. The maximum Gasteiger partial charge on any atom is 0.416 e. The van der Waals surface area contributed by atoms with Crippen molar-refractivity contribution in [2.45, 2.75) is 18.5 Å². The number of rotatable bonds is 6. The van der Waals surface area contributed by atoms with E-state index in [1.54, 1.807) is 29.2 Å². The first kappa shape index (κ1) is 23.7. The molecule has 1 saturated heterocycles. The van der Waals surface area contributed by atoms with Crippen molar-refractivity contribution in [2.24, 2.45) is 0 Å². The molecule has 0 bridgehead atoms. The van der Waals surface area contributed by atoms with E-state index in [1.165, 1.54) is 23.9 Å². The van der Waals surface area contributed by atoms with Crippen LogP contribution in [0.2, 0.25) is 0 Å². The van der Waals surface area contributed by atoms with Gasteiger partial charge in [0.25, 0.3) is 5.91 Å². The van der Waals surface area contributed by atoms with E-state index in [9.17, 15) is 22.8 Å². The predicted octanol–water partition coefficient (Wildman–Crippen LogP) is 6.14. The van der Waals surface area contributed by atoms with Crippen LogP contribution in [0.15, 0.2) is 72.8 Å². The number of benzene rings is 3. The van der Waals surface area contributed by atoms with Crippen molar-refractivity contribution in [3.8, 4) is 5.75 Å². The molecule has 0 aromatic heterocycles. The van der Waals surface area contributed by atoms with Crippen LogP contribution in [0.1, 0.15) is 33.8 Å². The summed E-state index contributed by atoms with van der Waals surface area (Å²) >= 11 is 1.49. The van der Waals surface area contributed by atoms with Gasteiger partial charge in [0.1, 0.15) is 11.1 Å². The Hall–Kier alpha value is -3.46. The van der Waals surface area contributed by atoms with Crippen LogP contribution in [-0.2, 0) is 11.0 Å². The van der Waals surface area contributed by atoms with E-state index in [0.29, 0.717) is 18.0 Å². The fourth-order valence-corrected chi connectivity index (χ4v) is 4.77. The third-order valence-electron chi connectivity index (χ3n) is 5.20. The van der Waals surface area contributed by atoms with Gasteiger partial charge in [0.2, 0.25) is 5.91 Å². The second-order valence-electron chi connectivity index (χ2n) is 7.51. The summed E-state index contributed by atoms with van der Waals surface area (Å²) in [6.07, 6.45) is -4.52. The van der Waals surface area contributed by atoms with Crippen molar-refractivity contribution >= 4 is 35.0 Å². The Balaban J connectivity index is 1.48. The molecule has 4 rings (SSSR count). The zero-order valence-corrected chi connectivity index (χ0v) is 19.0. The Labute approximate surface area is 198 Å². The summed E-state index contributed by atoms with van der Waals surface area (Å²) in [5.41, 5.74) is 1.09. The molecule has 9 heteroatoms. The molecule has 3 aromatic carbocycles. The molecule has 0 spiro atoms. The van der Waals surface area contributed by atoms with Gasteiger partial charge >= 0.3 is 6.18 Å². The van der Waals surface area contributed by atoms with Gasteiger partial charge in [-0.25, -0.2) is 0 Å². The zero-order chi connectivity index (χ0) is 24.3. The number of carbonyl (C=O) groups is 2. The van der Waals surface area contributed by atoms with Gasteiger partial charge in [-0.2, -0.15) is 13.2 Å². The van der Waals surface area contributed by atoms with Crippen LogP contribution < -0.4 is 15.0 Å². The third-order valence-corrected chi connectivity index (χ3v) is 6.41. The maximum absolute atomic E-state index is 12.9. The quantitative estimate of drug-likeness (QED) is 0.455. The van der Waals surface area contributed by atoms with Crippen LogP contribution in [0, 0.1) is 0 Å². The third kappa shape index (κ3) is 5.20. The van der Waals surface area contributed by atoms with E-state index in [-0.39, 0.29) is 16.8 Å². The standard InChI is InChI=1S/C25H21F3N2O3S/c1-2-33-21-12-10-20(11-13-21)30-22(31)15-34-24(30)16-6-8-19(9-7-16)29-23(32)17-4-3-5-18(14-17)25(26,27)28/h3-14,24H,2,15H2,1H3,(H,29,32). The SMILES string of the molecule is CCOc1ccc(N2C(=O)CSC2c2ccc(NC(=O)c3cccc(C(F)(F)F)c3)cc2)cc1. The molecular weight excluding hydrogens is 465 g/mol. The second kappa shape index (κ2) is 9.80. The highest BCUT2D eigenvalue weighted by molar-refractivity contribution is 8.00. The normalized spacial score (nSPS) is 15.9. The number of halogens is 3. The number of hydrogen-bond donors (Lipinski definition) is 1. The number of hydrogen-bond acceptors (Lipinski definition) is 4. The van der Waals surface area contributed by atoms with Crippen LogP contribution in [0.4, 0.5) is 24.5 Å². The molecular formula is C25H21F3N2O3S. The van der Waals surface area contributed by atoms with Gasteiger partial charge in [-0.15, -0.1) is 11.8 Å². The number of ether oxygens (including phenoxy) is 1. The van der Waals surface area contributed by atoms with Crippen molar-refractivity contribution < 1.29 is 27.5 Å². The van der Waals surface area contributed by atoms with Crippen LogP contribution in [-0.4, -0.2) is 24.2 Å². The molecule has 1 atom stereocenters. The molecule has 1 aliphatic heterocycles. The van der Waals surface area contributed by atoms with Crippen LogP contribution in [0.5, 0.6) is 5.75 Å². The molecule has 0 radical (unpaired) electrons. The fourth-order valence-electron chi connectivity index (χ4n) is 3.59. The van der Waals surface area contributed by atoms with E-state index in [0.717, 1.165) is 29.1 Å². The summed E-state index contributed by atoms with van der Waals surface area (Å²) in [5.74, 6) is 0.413. The van der Waals surface area contributed by atoms with Crippen molar-refractivity contribution in [2.75, 3.05) is 22.6 Å². The largest absolute Gasteiger partial charge is 0.494 e. The molecule has 1 N–H and O–H groups in total. The molecule has 1 heterocycles. The van der Waals surface area contributed by atoms with Crippen LogP contribution >= 0.6 is 11.8 Å². The monoisotopic (exact) mass is 486 g/mol. The van der Waals surface area contributed by atoms with Crippen LogP contribution in [0.25, 0.3) is 0 Å². The van der Waals surface area contributed by atoms with E-state index in [4.69, 9.17) is 4.74 Å². The number of nitrogens with one attached hydrogen (secondary N) is 1. The Morgan fingerprint density at radius 1 is 1.09 bits per heavy atom. The highest BCUT2D eigenvalue weighted by Crippen LogP contribution is 2.42. The Kier molecular flexibility index (Phi) is 6.83. The van der Waals surface area contributed by atoms with Crippen LogP contribution in [0.3, 0.4) is 0 Å². The van der Waals surface area contributed by atoms with Gasteiger partial charge in [-0.1, -0.05) is 18.2 Å². The van der Waals surface area contributed by atoms with Gasteiger partial charge in [-0.3, -0.25) is 14.5 Å². The predicted molar refractivity (Wildman–Crippen MR) is 126 cm³/mol. The molecule has 3 aromatic rings. The van der Waals surface area contributed by atoms with E-state index in [2.05, 4.69) is 5.32 Å². The van der Waals surface area contributed by atoms with Gasteiger partial charge < -0.3 is 10.1 Å². The molecule has 5 nitrogen and oxygen atoms in total. The lowest BCUT2D eigenvalue weighted by atomic mass is 10.1. The molecule has 0 aliphatic carbocycles. The molecule has 34 heavy (non-hydrogen) atoms. The van der Waals surface area contributed by atoms with Gasteiger partial charge in [0.15, 0.2) is 0 Å². The summed E-state index contributed by atoms with van der Waals surface area (Å²) in [6.45, 7) is 2.45. The topological polar surface area (TPSA) is 58.6 Å². The minimum absolute atomic E-state index is 0.0129. The number of anilines is 2. The number of thioether (sulfide) groups is 1. The first-order valence-corrected chi connectivity index (χ1v) is 11.6. The second-order valence-corrected chi connectivity index (χ2v) is 8.58. The first-order chi connectivity index (χ1) is 16.3. The minimum Gasteiger partial charge on any atom is -0.494 e. The molecule has 2 amide bonds.